The van der Waals surface area contributed by atoms with Gasteiger partial charge in [-0.25, -0.2) is 0 Å². The molecule has 0 unspecified atom stereocenters. The van der Waals surface area contributed by atoms with Crippen molar-refractivity contribution in [1.29, 1.82) is 0 Å². The van der Waals surface area contributed by atoms with Crippen molar-refractivity contribution in [3.63, 3.8) is 0 Å². The van der Waals surface area contributed by atoms with E-state index in [1.807, 2.05) is 19.9 Å². The molecule has 0 amide bonds. The van der Waals surface area contributed by atoms with Crippen molar-refractivity contribution in [1.82, 2.24) is 0 Å². The summed E-state index contributed by atoms with van der Waals surface area (Å²) in [5, 5.41) is 10.3. The highest BCUT2D eigenvalue weighted by molar-refractivity contribution is 5.34. The van der Waals surface area contributed by atoms with Gasteiger partial charge in [0.1, 0.15) is 0 Å². The van der Waals surface area contributed by atoms with Crippen LogP contribution < -0.4 is 0 Å². The summed E-state index contributed by atoms with van der Waals surface area (Å²) < 4.78 is 0. The van der Waals surface area contributed by atoms with Crippen LogP contribution in [0.15, 0.2) is 24.3 Å². The van der Waals surface area contributed by atoms with Crippen molar-refractivity contribution >= 4 is 0 Å². The van der Waals surface area contributed by atoms with Crippen LogP contribution in [0.25, 0.3) is 0 Å². The molecule has 0 aromatic heterocycles. The third kappa shape index (κ3) is 2.95. The highest BCUT2D eigenvalue weighted by atomic mass is 16.3. The van der Waals surface area contributed by atoms with Crippen LogP contribution in [-0.2, 0) is 5.60 Å². The van der Waals surface area contributed by atoms with Gasteiger partial charge in [-0.2, -0.15) is 0 Å². The lowest BCUT2D eigenvalue weighted by molar-refractivity contribution is 0.0765. The number of aliphatic hydroxyl groups is 1. The summed E-state index contributed by atoms with van der Waals surface area (Å²) in [5.41, 5.74) is 2.24. The van der Waals surface area contributed by atoms with Crippen LogP contribution in [0.3, 0.4) is 0 Å². The lowest BCUT2D eigenvalue weighted by Crippen LogP contribution is -2.24. The van der Waals surface area contributed by atoms with E-state index in [0.29, 0.717) is 11.3 Å². The molecular formula is C17H26O. The van der Waals surface area contributed by atoms with E-state index in [4.69, 9.17) is 0 Å². The SMILES string of the molecule is CC1(C)CCC(c2ccccc2C(C)(C)O)CC1. The Balaban J connectivity index is 2.25. The van der Waals surface area contributed by atoms with E-state index in [1.54, 1.807) is 0 Å². The summed E-state index contributed by atoms with van der Waals surface area (Å²) in [4.78, 5) is 0. The van der Waals surface area contributed by atoms with E-state index in [9.17, 15) is 5.11 Å². The molecule has 1 aliphatic carbocycles. The minimum Gasteiger partial charge on any atom is -0.386 e. The molecule has 0 heterocycles. The van der Waals surface area contributed by atoms with Crippen molar-refractivity contribution in [3.05, 3.63) is 35.4 Å². The first kappa shape index (κ1) is 13.6. The van der Waals surface area contributed by atoms with Gasteiger partial charge in [0.2, 0.25) is 0 Å². The van der Waals surface area contributed by atoms with Gasteiger partial charge >= 0.3 is 0 Å². The fourth-order valence-corrected chi connectivity index (χ4v) is 3.12. The number of rotatable bonds is 2. The first-order valence-corrected chi connectivity index (χ1v) is 7.11. The standard InChI is InChI=1S/C17H26O/c1-16(2)11-9-13(10-12-16)14-7-5-6-8-15(14)17(3,4)18/h5-8,13,18H,9-12H2,1-4H3. The lowest BCUT2D eigenvalue weighted by atomic mass is 9.70. The van der Waals surface area contributed by atoms with Crippen LogP contribution >= 0.6 is 0 Å². The monoisotopic (exact) mass is 246 g/mol. The molecule has 1 nitrogen and oxygen atoms in total. The molecule has 1 fully saturated rings. The van der Waals surface area contributed by atoms with Crippen LogP contribution in [-0.4, -0.2) is 5.11 Å². The summed E-state index contributed by atoms with van der Waals surface area (Å²) >= 11 is 0. The summed E-state index contributed by atoms with van der Waals surface area (Å²) in [5.74, 6) is 0.626. The maximum absolute atomic E-state index is 10.3. The van der Waals surface area contributed by atoms with E-state index in [1.165, 1.54) is 31.2 Å². The summed E-state index contributed by atoms with van der Waals surface area (Å²) in [7, 11) is 0. The molecule has 0 bridgehead atoms. The largest absolute Gasteiger partial charge is 0.386 e. The van der Waals surface area contributed by atoms with Gasteiger partial charge in [0, 0.05) is 0 Å². The second-order valence-corrected chi connectivity index (χ2v) is 7.08. The van der Waals surface area contributed by atoms with E-state index in [2.05, 4.69) is 32.0 Å². The van der Waals surface area contributed by atoms with Crippen LogP contribution in [0.5, 0.6) is 0 Å². The molecular weight excluding hydrogens is 220 g/mol. The maximum atomic E-state index is 10.3. The van der Waals surface area contributed by atoms with Crippen LogP contribution in [0, 0.1) is 5.41 Å². The van der Waals surface area contributed by atoms with Gasteiger partial charge in [-0.15, -0.1) is 0 Å². The Morgan fingerprint density at radius 2 is 1.67 bits per heavy atom. The Morgan fingerprint density at radius 3 is 2.22 bits per heavy atom. The van der Waals surface area contributed by atoms with E-state index in [0.717, 1.165) is 5.56 Å². The highest BCUT2D eigenvalue weighted by Crippen LogP contribution is 2.44. The van der Waals surface area contributed by atoms with Crippen LogP contribution in [0.4, 0.5) is 0 Å². The van der Waals surface area contributed by atoms with Gasteiger partial charge in [-0.3, -0.25) is 0 Å². The Labute approximate surface area is 111 Å². The van der Waals surface area contributed by atoms with E-state index in [-0.39, 0.29) is 0 Å². The minimum atomic E-state index is -0.733. The van der Waals surface area contributed by atoms with E-state index >= 15 is 0 Å². The van der Waals surface area contributed by atoms with Crippen molar-refractivity contribution in [2.75, 3.05) is 0 Å². The number of benzene rings is 1. The second kappa shape index (κ2) is 4.70. The first-order valence-electron chi connectivity index (χ1n) is 7.11. The highest BCUT2D eigenvalue weighted by Gasteiger charge is 2.30. The summed E-state index contributed by atoms with van der Waals surface area (Å²) in [6.07, 6.45) is 5.08. The Morgan fingerprint density at radius 1 is 1.11 bits per heavy atom. The quantitative estimate of drug-likeness (QED) is 0.808. The molecule has 1 aromatic rings. The third-order valence-corrected chi connectivity index (χ3v) is 4.40. The molecule has 0 radical (unpaired) electrons. The zero-order chi connectivity index (χ0) is 13.4. The number of hydrogen-bond donors (Lipinski definition) is 1. The molecule has 0 atom stereocenters. The predicted molar refractivity (Wildman–Crippen MR) is 76.7 cm³/mol. The maximum Gasteiger partial charge on any atom is 0.0843 e. The summed E-state index contributed by atoms with van der Waals surface area (Å²) in [6.45, 7) is 8.51. The van der Waals surface area contributed by atoms with Crippen molar-refractivity contribution in [2.45, 2.75) is 64.9 Å². The van der Waals surface area contributed by atoms with Crippen molar-refractivity contribution in [2.24, 2.45) is 5.41 Å². The van der Waals surface area contributed by atoms with Gasteiger partial charge in [-0.05, 0) is 62.0 Å². The molecule has 1 saturated carbocycles. The van der Waals surface area contributed by atoms with Gasteiger partial charge in [0.15, 0.2) is 0 Å². The predicted octanol–water partition coefficient (Wildman–Crippen LogP) is 4.60. The zero-order valence-corrected chi connectivity index (χ0v) is 12.2. The third-order valence-electron chi connectivity index (χ3n) is 4.40. The molecule has 1 N–H and O–H groups in total. The molecule has 18 heavy (non-hydrogen) atoms. The van der Waals surface area contributed by atoms with E-state index < -0.39 is 5.60 Å². The van der Waals surface area contributed by atoms with Gasteiger partial charge in [0.25, 0.3) is 0 Å². The van der Waals surface area contributed by atoms with Gasteiger partial charge < -0.3 is 5.11 Å². The summed E-state index contributed by atoms with van der Waals surface area (Å²) in [6, 6.07) is 8.42. The van der Waals surface area contributed by atoms with Crippen LogP contribution in [0.1, 0.15) is 70.4 Å². The average Bonchev–Trinajstić information content (AvgIpc) is 2.28. The zero-order valence-electron chi connectivity index (χ0n) is 12.2. The number of hydrogen-bond acceptors (Lipinski definition) is 1. The van der Waals surface area contributed by atoms with Gasteiger partial charge in [0.05, 0.1) is 5.60 Å². The normalized spacial score (nSPS) is 20.9. The molecule has 0 spiro atoms. The van der Waals surface area contributed by atoms with Crippen LogP contribution in [0.2, 0.25) is 0 Å². The fourth-order valence-electron chi connectivity index (χ4n) is 3.12. The molecule has 2 rings (SSSR count). The van der Waals surface area contributed by atoms with Crippen molar-refractivity contribution in [3.8, 4) is 0 Å². The molecule has 0 aliphatic heterocycles. The first-order chi connectivity index (χ1) is 8.30. The minimum absolute atomic E-state index is 0.500. The smallest absolute Gasteiger partial charge is 0.0843 e. The average molecular weight is 246 g/mol. The lowest BCUT2D eigenvalue weighted by Gasteiger charge is -2.36. The molecule has 100 valence electrons. The Hall–Kier alpha value is -0.820. The topological polar surface area (TPSA) is 20.2 Å². The molecule has 0 saturated heterocycles. The molecule has 1 aliphatic rings. The Kier molecular flexibility index (Phi) is 3.55. The van der Waals surface area contributed by atoms with Crippen molar-refractivity contribution < 1.29 is 5.11 Å². The Bertz CT molecular complexity index is 402. The van der Waals surface area contributed by atoms with Gasteiger partial charge in [-0.1, -0.05) is 38.1 Å². The molecule has 1 aromatic carbocycles. The second-order valence-electron chi connectivity index (χ2n) is 7.08. The molecule has 1 heteroatoms. The fraction of sp³-hybridized carbons (Fsp3) is 0.647.